The third kappa shape index (κ3) is 3.96. The Balaban J connectivity index is 1.78. The molecule has 0 radical (unpaired) electrons. The maximum Gasteiger partial charge on any atom is 0.237 e. The maximum atomic E-state index is 11.8. The molecule has 3 N–H and O–H groups in total. The summed E-state index contributed by atoms with van der Waals surface area (Å²) in [5.41, 5.74) is 0. The molecule has 0 aliphatic heterocycles. The predicted octanol–water partition coefficient (Wildman–Crippen LogP) is 0.937. The second kappa shape index (κ2) is 5.83. The molecule has 3 unspecified atom stereocenters. The lowest BCUT2D eigenvalue weighted by Crippen LogP contribution is -2.50. The molecule has 4 heteroatoms. The number of aliphatic hydroxyl groups excluding tert-OH is 1. The van der Waals surface area contributed by atoms with Gasteiger partial charge in [-0.15, -0.1) is 0 Å². The third-order valence-electron chi connectivity index (χ3n) is 3.76. The van der Waals surface area contributed by atoms with Crippen LogP contribution < -0.4 is 10.6 Å². The highest BCUT2D eigenvalue weighted by molar-refractivity contribution is 5.81. The molecule has 0 aromatic carbocycles. The highest BCUT2D eigenvalue weighted by atomic mass is 16.3. The van der Waals surface area contributed by atoms with Crippen molar-refractivity contribution in [2.45, 2.75) is 76.1 Å². The van der Waals surface area contributed by atoms with Crippen LogP contribution in [0.2, 0.25) is 0 Å². The van der Waals surface area contributed by atoms with E-state index in [0.29, 0.717) is 6.04 Å². The summed E-state index contributed by atoms with van der Waals surface area (Å²) in [6, 6.07) is 0.289. The summed E-state index contributed by atoms with van der Waals surface area (Å²) < 4.78 is 0. The van der Waals surface area contributed by atoms with Crippen molar-refractivity contribution in [2.75, 3.05) is 0 Å². The van der Waals surface area contributed by atoms with Gasteiger partial charge < -0.3 is 15.7 Å². The minimum absolute atomic E-state index is 0.0731. The van der Waals surface area contributed by atoms with Gasteiger partial charge in [0.1, 0.15) is 0 Å². The van der Waals surface area contributed by atoms with Gasteiger partial charge >= 0.3 is 0 Å². The van der Waals surface area contributed by atoms with Crippen LogP contribution in [0.5, 0.6) is 0 Å². The Morgan fingerprint density at radius 2 is 1.88 bits per heavy atom. The summed E-state index contributed by atoms with van der Waals surface area (Å²) in [5, 5.41) is 16.2. The van der Waals surface area contributed by atoms with Crippen molar-refractivity contribution in [3.63, 3.8) is 0 Å². The number of aliphatic hydroxyl groups is 1. The summed E-state index contributed by atoms with van der Waals surface area (Å²) in [6.45, 7) is 1.88. The van der Waals surface area contributed by atoms with E-state index in [-0.39, 0.29) is 24.1 Å². The molecule has 2 aliphatic rings. The van der Waals surface area contributed by atoms with E-state index >= 15 is 0 Å². The van der Waals surface area contributed by atoms with Gasteiger partial charge in [0.2, 0.25) is 5.91 Å². The zero-order chi connectivity index (χ0) is 12.3. The van der Waals surface area contributed by atoms with Crippen LogP contribution in [0.1, 0.15) is 51.9 Å². The summed E-state index contributed by atoms with van der Waals surface area (Å²) in [5.74, 6) is 0.0731. The Hall–Kier alpha value is -0.610. The van der Waals surface area contributed by atoms with Gasteiger partial charge in [-0.25, -0.2) is 0 Å². The van der Waals surface area contributed by atoms with E-state index in [0.717, 1.165) is 38.5 Å². The molecular formula is C13H24N2O2. The van der Waals surface area contributed by atoms with E-state index in [2.05, 4.69) is 10.6 Å². The molecule has 0 spiro atoms. The molecule has 0 bridgehead atoms. The molecule has 3 atom stereocenters. The summed E-state index contributed by atoms with van der Waals surface area (Å²) >= 11 is 0. The molecule has 0 saturated heterocycles. The molecule has 0 aromatic rings. The largest absolute Gasteiger partial charge is 0.392 e. The molecule has 17 heavy (non-hydrogen) atoms. The fraction of sp³-hybridized carbons (Fsp3) is 0.923. The van der Waals surface area contributed by atoms with E-state index in [9.17, 15) is 9.90 Å². The van der Waals surface area contributed by atoms with Crippen LogP contribution in [0.4, 0.5) is 0 Å². The number of hydrogen-bond donors (Lipinski definition) is 3. The van der Waals surface area contributed by atoms with Crippen molar-refractivity contribution < 1.29 is 9.90 Å². The van der Waals surface area contributed by atoms with E-state index < -0.39 is 0 Å². The average Bonchev–Trinajstić information content (AvgIpc) is 3.10. The molecule has 2 fully saturated rings. The van der Waals surface area contributed by atoms with Gasteiger partial charge in [0.15, 0.2) is 0 Å². The van der Waals surface area contributed by atoms with Crippen molar-refractivity contribution in [3.05, 3.63) is 0 Å². The Bertz CT molecular complexity index is 266. The number of carbonyl (C=O) groups is 1. The van der Waals surface area contributed by atoms with Crippen LogP contribution in [0.15, 0.2) is 0 Å². The molecular weight excluding hydrogens is 216 g/mol. The first-order valence-corrected chi connectivity index (χ1v) is 6.91. The lowest BCUT2D eigenvalue weighted by molar-refractivity contribution is -0.123. The van der Waals surface area contributed by atoms with Crippen LogP contribution in [0.3, 0.4) is 0 Å². The number of carbonyl (C=O) groups excluding carboxylic acids is 1. The van der Waals surface area contributed by atoms with Crippen molar-refractivity contribution in [2.24, 2.45) is 0 Å². The van der Waals surface area contributed by atoms with Crippen molar-refractivity contribution in [1.82, 2.24) is 10.6 Å². The topological polar surface area (TPSA) is 61.4 Å². The van der Waals surface area contributed by atoms with Gasteiger partial charge in [-0.3, -0.25) is 4.79 Å². The molecule has 2 aliphatic carbocycles. The fourth-order valence-electron chi connectivity index (χ4n) is 2.43. The molecule has 2 saturated carbocycles. The fourth-order valence-corrected chi connectivity index (χ4v) is 2.43. The molecule has 98 valence electrons. The lowest BCUT2D eigenvalue weighted by Gasteiger charge is -2.25. The summed E-state index contributed by atoms with van der Waals surface area (Å²) in [6.07, 6.45) is 7.20. The minimum Gasteiger partial charge on any atom is -0.392 e. The van der Waals surface area contributed by atoms with Crippen LogP contribution in [-0.4, -0.2) is 35.2 Å². The summed E-state index contributed by atoms with van der Waals surface area (Å²) in [7, 11) is 0. The monoisotopic (exact) mass is 240 g/mol. The van der Waals surface area contributed by atoms with Gasteiger partial charge in [-0.2, -0.15) is 0 Å². The van der Waals surface area contributed by atoms with Crippen molar-refractivity contribution in [3.8, 4) is 0 Å². The highest BCUT2D eigenvalue weighted by Crippen LogP contribution is 2.20. The predicted molar refractivity (Wildman–Crippen MR) is 66.6 cm³/mol. The standard InChI is InChI=1S/C13H24N2O2/c1-9(13(17)15-10-7-8-10)14-11-5-3-2-4-6-12(11)16/h9-12,14,16H,2-8H2,1H3,(H,15,17). The van der Waals surface area contributed by atoms with Crippen LogP contribution >= 0.6 is 0 Å². The number of amides is 1. The Labute approximate surface area is 103 Å². The van der Waals surface area contributed by atoms with Gasteiger partial charge in [-0.05, 0) is 32.6 Å². The number of nitrogens with one attached hydrogen (secondary N) is 2. The zero-order valence-corrected chi connectivity index (χ0v) is 10.6. The Morgan fingerprint density at radius 3 is 2.59 bits per heavy atom. The van der Waals surface area contributed by atoms with Crippen LogP contribution in [-0.2, 0) is 4.79 Å². The van der Waals surface area contributed by atoms with E-state index in [1.807, 2.05) is 6.92 Å². The second-order valence-corrected chi connectivity index (χ2v) is 5.48. The van der Waals surface area contributed by atoms with Gasteiger partial charge in [0.05, 0.1) is 12.1 Å². The van der Waals surface area contributed by atoms with Gasteiger partial charge in [-0.1, -0.05) is 19.3 Å². The molecule has 0 aromatic heterocycles. The highest BCUT2D eigenvalue weighted by Gasteiger charge is 2.28. The zero-order valence-electron chi connectivity index (χ0n) is 10.6. The first-order valence-electron chi connectivity index (χ1n) is 6.91. The van der Waals surface area contributed by atoms with E-state index in [1.54, 1.807) is 0 Å². The lowest BCUT2D eigenvalue weighted by atomic mass is 10.1. The molecule has 0 heterocycles. The maximum absolute atomic E-state index is 11.8. The minimum atomic E-state index is -0.298. The smallest absolute Gasteiger partial charge is 0.237 e. The van der Waals surface area contributed by atoms with Crippen LogP contribution in [0.25, 0.3) is 0 Å². The van der Waals surface area contributed by atoms with Gasteiger partial charge in [0, 0.05) is 12.1 Å². The quantitative estimate of drug-likeness (QED) is 0.641. The first kappa shape index (κ1) is 12.8. The van der Waals surface area contributed by atoms with E-state index in [4.69, 9.17) is 0 Å². The number of rotatable bonds is 4. The second-order valence-electron chi connectivity index (χ2n) is 5.48. The first-order chi connectivity index (χ1) is 8.16. The average molecular weight is 240 g/mol. The Kier molecular flexibility index (Phi) is 4.40. The molecule has 2 rings (SSSR count). The molecule has 1 amide bonds. The SMILES string of the molecule is CC(NC1CCCCCC1O)C(=O)NC1CC1. The van der Waals surface area contributed by atoms with Gasteiger partial charge in [0.25, 0.3) is 0 Å². The van der Waals surface area contributed by atoms with Crippen molar-refractivity contribution in [1.29, 1.82) is 0 Å². The normalized spacial score (nSPS) is 31.6. The van der Waals surface area contributed by atoms with Crippen LogP contribution in [0, 0.1) is 0 Å². The Morgan fingerprint density at radius 1 is 1.18 bits per heavy atom. The third-order valence-corrected chi connectivity index (χ3v) is 3.76. The van der Waals surface area contributed by atoms with Crippen molar-refractivity contribution >= 4 is 5.91 Å². The van der Waals surface area contributed by atoms with E-state index in [1.165, 1.54) is 6.42 Å². The molecule has 4 nitrogen and oxygen atoms in total. The summed E-state index contributed by atoms with van der Waals surface area (Å²) in [4.78, 5) is 11.8. The number of hydrogen-bond acceptors (Lipinski definition) is 3.